The van der Waals surface area contributed by atoms with Crippen LogP contribution in [0, 0.1) is 13.8 Å². The summed E-state index contributed by atoms with van der Waals surface area (Å²) in [6, 6.07) is 1.99. The monoisotopic (exact) mass is 181 g/mol. The van der Waals surface area contributed by atoms with Crippen molar-refractivity contribution >= 4 is 0 Å². The molecule has 0 unspecified atom stereocenters. The Morgan fingerprint density at radius 2 is 1.92 bits per heavy atom. The summed E-state index contributed by atoms with van der Waals surface area (Å²) in [4.78, 5) is 4.17. The first kappa shape index (κ1) is 12.1. The first-order chi connectivity index (χ1) is 6.25. The van der Waals surface area contributed by atoms with Crippen LogP contribution in [-0.4, -0.2) is 12.1 Å². The maximum atomic E-state index is 5.04. The zero-order valence-corrected chi connectivity index (χ0v) is 9.22. The maximum Gasteiger partial charge on any atom is 0.0716 e. The Bertz CT molecular complexity index is 246. The lowest BCUT2D eigenvalue weighted by atomic mass is 10.1. The summed E-state index contributed by atoms with van der Waals surface area (Å²) >= 11 is 0. The summed E-state index contributed by atoms with van der Waals surface area (Å²) in [5.74, 6) is 0. The van der Waals surface area contributed by atoms with Gasteiger partial charge in [-0.15, -0.1) is 0 Å². The number of rotatable bonds is 2. The van der Waals surface area contributed by atoms with Crippen LogP contribution in [0.3, 0.4) is 0 Å². The van der Waals surface area contributed by atoms with E-state index in [-0.39, 0.29) is 0 Å². The van der Waals surface area contributed by atoms with Crippen LogP contribution in [0.2, 0.25) is 0 Å². The van der Waals surface area contributed by atoms with Gasteiger partial charge in [0.25, 0.3) is 0 Å². The van der Waals surface area contributed by atoms with Gasteiger partial charge in [-0.25, -0.2) is 0 Å². The van der Waals surface area contributed by atoms with Crippen LogP contribution in [0.25, 0.3) is 0 Å². The molecule has 1 rings (SSSR count). The molecule has 0 saturated heterocycles. The Balaban J connectivity index is 0.000000671. The molecular weight excluding hydrogens is 162 g/mol. The zero-order chi connectivity index (χ0) is 10.3. The minimum absolute atomic E-state index is 0.676. The Morgan fingerprint density at radius 3 is 2.46 bits per heavy atom. The summed E-state index contributed by atoms with van der Waals surface area (Å²) < 4.78 is 5.04. The predicted octanol–water partition coefficient (Wildman–Crippen LogP) is 2.87. The highest BCUT2D eigenvalue weighted by atomic mass is 16.5. The Morgan fingerprint density at radius 1 is 1.31 bits per heavy atom. The number of hydrogen-bond donors (Lipinski definition) is 0. The van der Waals surface area contributed by atoms with Crippen LogP contribution in [-0.2, 0) is 11.3 Å². The van der Waals surface area contributed by atoms with E-state index >= 15 is 0 Å². The van der Waals surface area contributed by atoms with Crippen LogP contribution >= 0.6 is 0 Å². The van der Waals surface area contributed by atoms with E-state index < -0.39 is 0 Å². The van der Waals surface area contributed by atoms with E-state index in [4.69, 9.17) is 4.74 Å². The van der Waals surface area contributed by atoms with Crippen molar-refractivity contribution in [2.75, 3.05) is 7.11 Å². The maximum absolute atomic E-state index is 5.04. The molecule has 0 N–H and O–H groups in total. The Kier molecular flexibility index (Phi) is 6.15. The van der Waals surface area contributed by atoms with Crippen LogP contribution in [0.5, 0.6) is 0 Å². The highest BCUT2D eigenvalue weighted by Crippen LogP contribution is 2.10. The molecule has 2 heteroatoms. The van der Waals surface area contributed by atoms with Gasteiger partial charge in [-0.2, -0.15) is 0 Å². The first-order valence-electron chi connectivity index (χ1n) is 4.65. The molecular formula is C11H19NO. The topological polar surface area (TPSA) is 22.1 Å². The molecule has 74 valence electrons. The van der Waals surface area contributed by atoms with E-state index in [1.165, 1.54) is 11.1 Å². The highest BCUT2D eigenvalue weighted by molar-refractivity contribution is 5.26. The second-order valence-corrected chi connectivity index (χ2v) is 2.61. The molecule has 0 spiro atoms. The molecule has 0 saturated carbocycles. The molecule has 0 aliphatic heterocycles. The highest BCUT2D eigenvalue weighted by Gasteiger charge is 1.99. The molecule has 2 nitrogen and oxygen atoms in total. The second kappa shape index (κ2) is 6.61. The van der Waals surface area contributed by atoms with Gasteiger partial charge >= 0.3 is 0 Å². The number of aromatic nitrogens is 1. The van der Waals surface area contributed by atoms with Crippen molar-refractivity contribution in [2.45, 2.75) is 34.3 Å². The summed E-state index contributed by atoms with van der Waals surface area (Å²) in [6.07, 6.45) is 1.82. The molecule has 1 heterocycles. The Labute approximate surface area is 81.0 Å². The third-order valence-electron chi connectivity index (χ3n) is 1.87. The molecule has 0 radical (unpaired) electrons. The summed E-state index contributed by atoms with van der Waals surface area (Å²) in [5.41, 5.74) is 3.54. The summed E-state index contributed by atoms with van der Waals surface area (Å²) in [6.45, 7) is 8.75. The van der Waals surface area contributed by atoms with Gasteiger partial charge in [0, 0.05) is 19.0 Å². The summed E-state index contributed by atoms with van der Waals surface area (Å²) in [5, 5.41) is 0. The zero-order valence-electron chi connectivity index (χ0n) is 9.22. The molecule has 0 atom stereocenters. The van der Waals surface area contributed by atoms with Crippen LogP contribution < -0.4 is 0 Å². The lowest BCUT2D eigenvalue weighted by Gasteiger charge is -2.05. The predicted molar refractivity (Wildman–Crippen MR) is 55.8 cm³/mol. The van der Waals surface area contributed by atoms with Crippen molar-refractivity contribution < 1.29 is 4.74 Å². The van der Waals surface area contributed by atoms with Gasteiger partial charge in [0.2, 0.25) is 0 Å². The van der Waals surface area contributed by atoms with E-state index in [0.717, 1.165) is 5.69 Å². The fourth-order valence-electron chi connectivity index (χ4n) is 1.01. The van der Waals surface area contributed by atoms with Crippen molar-refractivity contribution in [1.82, 2.24) is 4.98 Å². The molecule has 13 heavy (non-hydrogen) atoms. The number of hydrogen-bond acceptors (Lipinski definition) is 2. The minimum Gasteiger partial charge on any atom is -0.380 e. The molecule has 0 aliphatic carbocycles. The molecule has 0 aromatic carbocycles. The van der Waals surface area contributed by atoms with Gasteiger partial charge in [0.15, 0.2) is 0 Å². The average Bonchev–Trinajstić information content (AvgIpc) is 2.17. The van der Waals surface area contributed by atoms with Crippen molar-refractivity contribution in [3.8, 4) is 0 Å². The first-order valence-corrected chi connectivity index (χ1v) is 4.65. The van der Waals surface area contributed by atoms with Crippen molar-refractivity contribution in [2.24, 2.45) is 0 Å². The van der Waals surface area contributed by atoms with Crippen molar-refractivity contribution in [3.05, 3.63) is 29.1 Å². The quantitative estimate of drug-likeness (QED) is 0.700. The second-order valence-electron chi connectivity index (χ2n) is 2.61. The summed E-state index contributed by atoms with van der Waals surface area (Å²) in [7, 11) is 1.70. The van der Waals surface area contributed by atoms with Gasteiger partial charge in [-0.1, -0.05) is 13.8 Å². The largest absolute Gasteiger partial charge is 0.380 e. The number of nitrogens with zero attached hydrogens (tertiary/aromatic N) is 1. The van der Waals surface area contributed by atoms with Crippen LogP contribution in [0.4, 0.5) is 0 Å². The van der Waals surface area contributed by atoms with Crippen molar-refractivity contribution in [3.63, 3.8) is 0 Å². The van der Waals surface area contributed by atoms with E-state index in [1.807, 2.05) is 33.0 Å². The Hall–Kier alpha value is -0.890. The third-order valence-corrected chi connectivity index (χ3v) is 1.87. The van der Waals surface area contributed by atoms with E-state index in [9.17, 15) is 0 Å². The smallest absolute Gasteiger partial charge is 0.0716 e. The van der Waals surface area contributed by atoms with E-state index in [0.29, 0.717) is 6.61 Å². The molecule has 0 amide bonds. The SMILES string of the molecule is CC.COCc1ccnc(C)c1C. The van der Waals surface area contributed by atoms with Gasteiger partial charge in [0.1, 0.15) is 0 Å². The lowest BCUT2D eigenvalue weighted by Crippen LogP contribution is -1.95. The molecule has 1 aromatic heterocycles. The van der Waals surface area contributed by atoms with Crippen LogP contribution in [0.15, 0.2) is 12.3 Å². The molecule has 0 bridgehead atoms. The van der Waals surface area contributed by atoms with Gasteiger partial charge in [-0.3, -0.25) is 4.98 Å². The molecule has 1 aromatic rings. The minimum atomic E-state index is 0.676. The van der Waals surface area contributed by atoms with Gasteiger partial charge < -0.3 is 4.74 Å². The number of pyridine rings is 1. The number of methoxy groups -OCH3 is 1. The standard InChI is InChI=1S/C9H13NO.C2H6/c1-7-8(2)10-5-4-9(7)6-11-3;1-2/h4-5H,6H2,1-3H3;1-2H3. The van der Waals surface area contributed by atoms with Gasteiger partial charge in [0.05, 0.1) is 6.61 Å². The molecule has 0 aliphatic rings. The number of ether oxygens (including phenoxy) is 1. The van der Waals surface area contributed by atoms with E-state index in [1.54, 1.807) is 7.11 Å². The fourth-order valence-corrected chi connectivity index (χ4v) is 1.01. The number of aryl methyl sites for hydroxylation is 1. The van der Waals surface area contributed by atoms with Crippen molar-refractivity contribution in [1.29, 1.82) is 0 Å². The molecule has 0 fully saturated rings. The lowest BCUT2D eigenvalue weighted by molar-refractivity contribution is 0.184. The van der Waals surface area contributed by atoms with Crippen LogP contribution in [0.1, 0.15) is 30.7 Å². The third kappa shape index (κ3) is 3.55. The average molecular weight is 181 g/mol. The van der Waals surface area contributed by atoms with E-state index in [2.05, 4.69) is 11.9 Å². The fraction of sp³-hybridized carbons (Fsp3) is 0.545. The van der Waals surface area contributed by atoms with Gasteiger partial charge in [-0.05, 0) is 31.0 Å². The normalized spacial score (nSPS) is 9.00.